The molecule has 0 amide bonds. The zero-order valence-electron chi connectivity index (χ0n) is 11.5. The summed E-state index contributed by atoms with van der Waals surface area (Å²) in [5.41, 5.74) is 1.32. The molecule has 2 unspecified atom stereocenters. The fourth-order valence-electron chi connectivity index (χ4n) is 2.37. The van der Waals surface area contributed by atoms with Crippen molar-refractivity contribution in [2.24, 2.45) is 0 Å². The number of hydrogen-bond acceptors (Lipinski definition) is 2. The van der Waals surface area contributed by atoms with Crippen LogP contribution in [0, 0.1) is 13.8 Å². The van der Waals surface area contributed by atoms with Crippen molar-refractivity contribution < 1.29 is 15.0 Å². The van der Waals surface area contributed by atoms with Crippen molar-refractivity contribution in [1.82, 2.24) is 0 Å². The van der Waals surface area contributed by atoms with Gasteiger partial charge >= 0.3 is 5.97 Å². The Morgan fingerprint density at radius 2 is 2.00 bits per heavy atom. The number of carboxylic acid groups (broad SMARTS) is 1. The average molecular weight is 250 g/mol. The van der Waals surface area contributed by atoms with Crippen molar-refractivity contribution in [3.63, 3.8) is 0 Å². The third kappa shape index (κ3) is 2.72. The smallest absolute Gasteiger partial charge is 0.336 e. The van der Waals surface area contributed by atoms with Crippen LogP contribution in [0.5, 0.6) is 0 Å². The number of carboxylic acids is 1. The number of benzene rings is 1. The Kier molecular flexibility index (Phi) is 4.52. The predicted molar refractivity (Wildman–Crippen MR) is 71.8 cm³/mol. The van der Waals surface area contributed by atoms with Gasteiger partial charge in [-0.15, -0.1) is 0 Å². The monoisotopic (exact) mass is 250 g/mol. The Morgan fingerprint density at radius 3 is 2.50 bits per heavy atom. The maximum absolute atomic E-state index is 11.4. The molecule has 0 aliphatic heterocycles. The second-order valence-electron chi connectivity index (χ2n) is 5.06. The third-order valence-electron chi connectivity index (χ3n) is 3.62. The first-order valence-corrected chi connectivity index (χ1v) is 6.35. The molecule has 2 N–H and O–H groups in total. The van der Waals surface area contributed by atoms with E-state index >= 15 is 0 Å². The zero-order chi connectivity index (χ0) is 13.9. The van der Waals surface area contributed by atoms with Gasteiger partial charge in [0.1, 0.15) is 0 Å². The summed E-state index contributed by atoms with van der Waals surface area (Å²) in [4.78, 5) is 11.4. The summed E-state index contributed by atoms with van der Waals surface area (Å²) in [6, 6.07) is 5.92. The van der Waals surface area contributed by atoms with E-state index < -0.39 is 17.5 Å². The van der Waals surface area contributed by atoms with Gasteiger partial charge in [-0.3, -0.25) is 0 Å². The Labute approximate surface area is 108 Å². The van der Waals surface area contributed by atoms with Crippen molar-refractivity contribution in [2.75, 3.05) is 0 Å². The highest BCUT2D eigenvalue weighted by molar-refractivity contribution is 5.78. The third-order valence-corrected chi connectivity index (χ3v) is 3.62. The van der Waals surface area contributed by atoms with Crippen molar-refractivity contribution in [2.45, 2.75) is 52.1 Å². The fraction of sp³-hybridized carbons (Fsp3) is 0.533. The van der Waals surface area contributed by atoms with Gasteiger partial charge < -0.3 is 10.2 Å². The van der Waals surface area contributed by atoms with Crippen LogP contribution in [-0.4, -0.2) is 21.8 Å². The van der Waals surface area contributed by atoms with Gasteiger partial charge in [0.25, 0.3) is 0 Å². The average Bonchev–Trinajstić information content (AvgIpc) is 2.31. The van der Waals surface area contributed by atoms with Crippen LogP contribution in [0.25, 0.3) is 0 Å². The molecule has 1 aromatic rings. The van der Waals surface area contributed by atoms with Crippen LogP contribution in [0.1, 0.15) is 49.3 Å². The molecule has 0 heterocycles. The van der Waals surface area contributed by atoms with Gasteiger partial charge in [0.05, 0.1) is 0 Å². The Morgan fingerprint density at radius 1 is 1.39 bits per heavy atom. The normalized spacial score (nSPS) is 16.1. The molecule has 0 bridgehead atoms. The SMILES string of the molecule is CCCC(O)(C(=O)O)C(C)c1cc(C)ccc1C. The first-order chi connectivity index (χ1) is 8.32. The van der Waals surface area contributed by atoms with Crippen LogP contribution in [0.2, 0.25) is 0 Å². The van der Waals surface area contributed by atoms with Gasteiger partial charge in [0, 0.05) is 5.92 Å². The van der Waals surface area contributed by atoms with Gasteiger partial charge in [0.2, 0.25) is 0 Å². The molecule has 3 nitrogen and oxygen atoms in total. The molecule has 0 aromatic heterocycles. The van der Waals surface area contributed by atoms with Gasteiger partial charge in [-0.25, -0.2) is 4.79 Å². The number of rotatable bonds is 5. The Bertz CT molecular complexity index is 439. The van der Waals surface area contributed by atoms with Crippen LogP contribution in [0.15, 0.2) is 18.2 Å². The zero-order valence-corrected chi connectivity index (χ0v) is 11.5. The molecule has 1 aromatic carbocycles. The topological polar surface area (TPSA) is 57.5 Å². The minimum absolute atomic E-state index is 0.261. The van der Waals surface area contributed by atoms with E-state index in [1.807, 2.05) is 39.0 Å². The van der Waals surface area contributed by atoms with E-state index in [1.54, 1.807) is 6.92 Å². The lowest BCUT2D eigenvalue weighted by atomic mass is 9.78. The molecule has 0 spiro atoms. The first kappa shape index (κ1) is 14.7. The molecular formula is C15H22O3. The Hall–Kier alpha value is -1.35. The quantitative estimate of drug-likeness (QED) is 0.844. The molecule has 2 atom stereocenters. The minimum atomic E-state index is -1.69. The van der Waals surface area contributed by atoms with Crippen molar-refractivity contribution in [3.8, 4) is 0 Å². The minimum Gasteiger partial charge on any atom is -0.479 e. The summed E-state index contributed by atoms with van der Waals surface area (Å²) >= 11 is 0. The molecule has 1 rings (SSSR count). The highest BCUT2D eigenvalue weighted by atomic mass is 16.4. The molecule has 0 radical (unpaired) electrons. The summed E-state index contributed by atoms with van der Waals surface area (Å²) in [6.07, 6.45) is 0.898. The van der Waals surface area contributed by atoms with E-state index in [9.17, 15) is 15.0 Å². The number of aliphatic hydroxyl groups is 1. The van der Waals surface area contributed by atoms with Gasteiger partial charge in [-0.2, -0.15) is 0 Å². The van der Waals surface area contributed by atoms with Gasteiger partial charge in [-0.1, -0.05) is 44.0 Å². The number of carbonyl (C=O) groups is 1. The predicted octanol–water partition coefficient (Wildman–Crippen LogP) is 3.02. The van der Waals surface area contributed by atoms with Crippen LogP contribution < -0.4 is 0 Å². The van der Waals surface area contributed by atoms with Gasteiger partial charge in [-0.05, 0) is 31.4 Å². The van der Waals surface area contributed by atoms with E-state index in [1.165, 1.54) is 0 Å². The number of aryl methyl sites for hydroxylation is 2. The molecule has 100 valence electrons. The van der Waals surface area contributed by atoms with E-state index in [4.69, 9.17) is 0 Å². The molecular weight excluding hydrogens is 228 g/mol. The number of aliphatic carboxylic acids is 1. The summed E-state index contributed by atoms with van der Waals surface area (Å²) in [5, 5.41) is 19.7. The highest BCUT2D eigenvalue weighted by Crippen LogP contribution is 2.34. The molecule has 0 aliphatic carbocycles. The second kappa shape index (κ2) is 5.53. The summed E-state index contributed by atoms with van der Waals surface area (Å²) in [5.74, 6) is -1.56. The summed E-state index contributed by atoms with van der Waals surface area (Å²) < 4.78 is 0. The molecule has 0 aliphatic rings. The highest BCUT2D eigenvalue weighted by Gasteiger charge is 2.41. The van der Waals surface area contributed by atoms with Crippen LogP contribution in [0.3, 0.4) is 0 Å². The maximum Gasteiger partial charge on any atom is 0.336 e. The first-order valence-electron chi connectivity index (χ1n) is 6.35. The lowest BCUT2D eigenvalue weighted by Crippen LogP contribution is -2.43. The number of hydrogen-bond donors (Lipinski definition) is 2. The molecule has 0 fully saturated rings. The molecule has 18 heavy (non-hydrogen) atoms. The largest absolute Gasteiger partial charge is 0.479 e. The van der Waals surface area contributed by atoms with E-state index in [2.05, 4.69) is 0 Å². The van der Waals surface area contributed by atoms with Crippen molar-refractivity contribution in [1.29, 1.82) is 0 Å². The van der Waals surface area contributed by atoms with Crippen LogP contribution >= 0.6 is 0 Å². The second-order valence-corrected chi connectivity index (χ2v) is 5.06. The standard InChI is InChI=1S/C15H22O3/c1-5-8-15(18,14(16)17)12(4)13-9-10(2)6-7-11(13)3/h6-7,9,12,18H,5,8H2,1-4H3,(H,16,17). The van der Waals surface area contributed by atoms with Crippen molar-refractivity contribution >= 4 is 5.97 Å². The van der Waals surface area contributed by atoms with Crippen molar-refractivity contribution in [3.05, 3.63) is 34.9 Å². The summed E-state index contributed by atoms with van der Waals surface area (Å²) in [6.45, 7) is 7.57. The van der Waals surface area contributed by atoms with E-state index in [0.717, 1.165) is 16.7 Å². The summed E-state index contributed by atoms with van der Waals surface area (Å²) in [7, 11) is 0. The maximum atomic E-state index is 11.4. The van der Waals surface area contributed by atoms with Crippen LogP contribution in [0.4, 0.5) is 0 Å². The molecule has 0 saturated carbocycles. The van der Waals surface area contributed by atoms with E-state index in [0.29, 0.717) is 6.42 Å². The lowest BCUT2D eigenvalue weighted by Gasteiger charge is -2.31. The fourth-order valence-corrected chi connectivity index (χ4v) is 2.37. The molecule has 3 heteroatoms. The van der Waals surface area contributed by atoms with E-state index in [-0.39, 0.29) is 6.42 Å². The Balaban J connectivity index is 3.21. The lowest BCUT2D eigenvalue weighted by molar-refractivity contribution is -0.161. The molecule has 0 saturated heterocycles. The van der Waals surface area contributed by atoms with Gasteiger partial charge in [0.15, 0.2) is 5.60 Å². The van der Waals surface area contributed by atoms with Crippen LogP contribution in [-0.2, 0) is 4.79 Å².